The molecular formula is C37H38N2O6. The van der Waals surface area contributed by atoms with E-state index < -0.39 is 0 Å². The van der Waals surface area contributed by atoms with Gasteiger partial charge >= 0.3 is 0 Å². The molecule has 0 radical (unpaired) electrons. The van der Waals surface area contributed by atoms with Crippen LogP contribution in [0.3, 0.4) is 0 Å². The van der Waals surface area contributed by atoms with Gasteiger partial charge in [-0.2, -0.15) is 0 Å². The van der Waals surface area contributed by atoms with Crippen LogP contribution in [0.5, 0.6) is 46.0 Å². The average Bonchev–Trinajstić information content (AvgIpc) is 3.06. The first-order valence-electron chi connectivity index (χ1n) is 15.3. The van der Waals surface area contributed by atoms with Gasteiger partial charge in [-0.25, -0.2) is 0 Å². The lowest BCUT2D eigenvalue weighted by molar-refractivity contribution is 0.221. The molecule has 6 heterocycles. The molecule has 8 bridgehead atoms. The van der Waals surface area contributed by atoms with E-state index in [1.807, 2.05) is 18.2 Å². The summed E-state index contributed by atoms with van der Waals surface area (Å²) in [6.07, 6.45) is 3.09. The van der Waals surface area contributed by atoms with Crippen molar-refractivity contribution in [2.75, 3.05) is 48.6 Å². The Labute approximate surface area is 264 Å². The van der Waals surface area contributed by atoms with Gasteiger partial charge in [-0.05, 0) is 91.0 Å². The quantitative estimate of drug-likeness (QED) is 0.248. The molecule has 0 amide bonds. The first-order chi connectivity index (χ1) is 22.0. The Balaban J connectivity index is 1.46. The number of aliphatic imine (C=N–C) groups is 1. The van der Waals surface area contributed by atoms with Gasteiger partial charge in [0.15, 0.2) is 34.5 Å². The normalized spacial score (nSPS) is 17.1. The highest BCUT2D eigenvalue weighted by Gasteiger charge is 2.34. The van der Waals surface area contributed by atoms with Gasteiger partial charge in [0, 0.05) is 42.4 Å². The molecule has 6 aliphatic rings. The lowest BCUT2D eigenvalue weighted by atomic mass is 9.87. The average molecular weight is 607 g/mol. The Kier molecular flexibility index (Phi) is 7.75. The van der Waals surface area contributed by atoms with Gasteiger partial charge in [-0.1, -0.05) is 18.2 Å². The molecule has 0 saturated carbocycles. The summed E-state index contributed by atoms with van der Waals surface area (Å²) in [5.41, 5.74) is 7.81. The largest absolute Gasteiger partial charge is 0.493 e. The molecule has 1 atom stereocenters. The predicted molar refractivity (Wildman–Crippen MR) is 174 cm³/mol. The molecular weight excluding hydrogens is 568 g/mol. The Morgan fingerprint density at radius 3 is 2.24 bits per heavy atom. The SMILES string of the molecule is COc1ccc2cc1Oc1ccc(cc1)CC1=NCCc3cc(c(OC)cc31)Oc1c(OC)c(OC)cc3c1[C@H](C2)N(C)CC3. The predicted octanol–water partition coefficient (Wildman–Crippen LogP) is 6.98. The third-order valence-electron chi connectivity index (χ3n) is 9.13. The second-order valence-electron chi connectivity index (χ2n) is 11.7. The fourth-order valence-corrected chi connectivity index (χ4v) is 6.75. The van der Waals surface area contributed by atoms with Crippen molar-refractivity contribution in [3.8, 4) is 46.0 Å². The number of benzene rings is 4. The van der Waals surface area contributed by atoms with Crippen LogP contribution < -0.4 is 28.4 Å². The molecule has 0 saturated heterocycles. The fraction of sp³-hybridized carbons (Fsp3) is 0.324. The maximum absolute atomic E-state index is 6.93. The minimum atomic E-state index is -0.00599. The summed E-state index contributed by atoms with van der Waals surface area (Å²) in [6, 6.07) is 20.6. The lowest BCUT2D eigenvalue weighted by Crippen LogP contribution is -2.34. The third kappa shape index (κ3) is 5.33. The van der Waals surface area contributed by atoms with Gasteiger partial charge in [0.1, 0.15) is 5.75 Å². The van der Waals surface area contributed by atoms with Crippen molar-refractivity contribution in [2.45, 2.75) is 31.7 Å². The maximum atomic E-state index is 6.93. The first-order valence-corrected chi connectivity index (χ1v) is 15.3. The van der Waals surface area contributed by atoms with Gasteiger partial charge < -0.3 is 28.4 Å². The van der Waals surface area contributed by atoms with Crippen molar-refractivity contribution in [3.63, 3.8) is 0 Å². The molecule has 0 unspecified atom stereocenters. The van der Waals surface area contributed by atoms with Crippen molar-refractivity contribution in [3.05, 3.63) is 94.0 Å². The van der Waals surface area contributed by atoms with E-state index in [0.29, 0.717) is 46.7 Å². The third-order valence-corrected chi connectivity index (χ3v) is 9.13. The molecule has 0 spiro atoms. The molecule has 10 rings (SSSR count). The summed E-state index contributed by atoms with van der Waals surface area (Å²) in [4.78, 5) is 7.31. The van der Waals surface area contributed by atoms with Gasteiger partial charge in [-0.15, -0.1) is 0 Å². The number of nitrogens with zero attached hydrogens (tertiary/aromatic N) is 2. The molecule has 0 fully saturated rings. The Morgan fingerprint density at radius 1 is 0.733 bits per heavy atom. The number of hydrogen-bond donors (Lipinski definition) is 0. The maximum Gasteiger partial charge on any atom is 0.204 e. The molecule has 232 valence electrons. The van der Waals surface area contributed by atoms with Crippen molar-refractivity contribution in [1.29, 1.82) is 0 Å². The zero-order valence-corrected chi connectivity index (χ0v) is 26.4. The van der Waals surface area contributed by atoms with E-state index in [-0.39, 0.29) is 6.04 Å². The summed E-state index contributed by atoms with van der Waals surface area (Å²) in [7, 11) is 8.83. The zero-order chi connectivity index (χ0) is 31.1. The second kappa shape index (κ2) is 12.0. The highest BCUT2D eigenvalue weighted by Crippen LogP contribution is 2.51. The molecule has 8 nitrogen and oxygen atoms in total. The lowest BCUT2D eigenvalue weighted by Gasteiger charge is -2.37. The van der Waals surface area contributed by atoms with E-state index in [2.05, 4.69) is 54.4 Å². The molecule has 0 aliphatic carbocycles. The number of hydrogen-bond acceptors (Lipinski definition) is 8. The van der Waals surface area contributed by atoms with E-state index in [0.717, 1.165) is 66.1 Å². The summed E-state index contributed by atoms with van der Waals surface area (Å²) in [5, 5.41) is 0. The minimum Gasteiger partial charge on any atom is -0.493 e. The molecule has 45 heavy (non-hydrogen) atoms. The number of likely N-dealkylation sites (N-methyl/N-ethyl adjacent to an activating group) is 1. The summed E-state index contributed by atoms with van der Waals surface area (Å²) in [5.74, 6) is 5.23. The zero-order valence-electron chi connectivity index (χ0n) is 26.4. The standard InChI is InChI=1S/C37H38N2O6/c1-39-15-13-25-20-34(42-4)36(43-5)37-35(25)29(39)17-23-8-11-30(40-2)32(18-23)44-26-9-6-22(7-10-26)16-28-27-21-31(41-3)33(45-37)19-24(27)12-14-38-28/h6-11,18-21,29H,12-17H2,1-5H3/t29-/m0/s1. The van der Waals surface area contributed by atoms with Crippen LogP contribution in [0.25, 0.3) is 0 Å². The number of ether oxygens (including phenoxy) is 6. The molecule has 4 aromatic rings. The monoisotopic (exact) mass is 606 g/mol. The van der Waals surface area contributed by atoms with Crippen LogP contribution in [-0.2, 0) is 25.7 Å². The number of rotatable bonds is 4. The van der Waals surface area contributed by atoms with E-state index in [1.165, 1.54) is 11.1 Å². The van der Waals surface area contributed by atoms with Crippen molar-refractivity contribution in [1.82, 2.24) is 4.90 Å². The van der Waals surface area contributed by atoms with Gasteiger partial charge in [0.05, 0.1) is 28.4 Å². The topological polar surface area (TPSA) is 71.0 Å². The molecule has 8 heteroatoms. The summed E-state index contributed by atoms with van der Waals surface area (Å²) in [6.45, 7) is 1.61. The Hall–Kier alpha value is -4.69. The Bertz CT molecular complexity index is 1780. The van der Waals surface area contributed by atoms with Crippen LogP contribution in [0.2, 0.25) is 0 Å². The minimum absolute atomic E-state index is 0.00599. The summed E-state index contributed by atoms with van der Waals surface area (Å²) >= 11 is 0. The van der Waals surface area contributed by atoms with Crippen molar-refractivity contribution in [2.24, 2.45) is 4.99 Å². The van der Waals surface area contributed by atoms with Gasteiger partial charge in [-0.3, -0.25) is 9.89 Å². The highest BCUT2D eigenvalue weighted by molar-refractivity contribution is 6.04. The van der Waals surface area contributed by atoms with Gasteiger partial charge in [0.25, 0.3) is 0 Å². The smallest absolute Gasteiger partial charge is 0.204 e. The van der Waals surface area contributed by atoms with E-state index in [4.69, 9.17) is 33.4 Å². The fourth-order valence-electron chi connectivity index (χ4n) is 6.75. The van der Waals surface area contributed by atoms with Crippen molar-refractivity contribution < 1.29 is 28.4 Å². The summed E-state index contributed by atoms with van der Waals surface area (Å²) < 4.78 is 36.8. The highest BCUT2D eigenvalue weighted by atomic mass is 16.5. The van der Waals surface area contributed by atoms with Crippen LogP contribution in [-0.4, -0.2) is 59.2 Å². The van der Waals surface area contributed by atoms with Crippen molar-refractivity contribution >= 4 is 5.71 Å². The van der Waals surface area contributed by atoms with Crippen LogP contribution >= 0.6 is 0 Å². The van der Waals surface area contributed by atoms with Crippen LogP contribution in [0.15, 0.2) is 65.7 Å². The van der Waals surface area contributed by atoms with E-state index in [1.54, 1.807) is 28.4 Å². The first kappa shape index (κ1) is 29.0. The van der Waals surface area contributed by atoms with Gasteiger partial charge in [0.2, 0.25) is 5.75 Å². The Morgan fingerprint density at radius 2 is 1.49 bits per heavy atom. The van der Waals surface area contributed by atoms with E-state index in [9.17, 15) is 0 Å². The number of methoxy groups -OCH3 is 4. The molecule has 0 aromatic heterocycles. The molecule has 6 aliphatic heterocycles. The van der Waals surface area contributed by atoms with Crippen LogP contribution in [0.4, 0.5) is 0 Å². The van der Waals surface area contributed by atoms with Crippen LogP contribution in [0, 0.1) is 0 Å². The van der Waals surface area contributed by atoms with Crippen LogP contribution in [0.1, 0.15) is 39.4 Å². The second-order valence-corrected chi connectivity index (χ2v) is 11.7. The molecule has 4 aromatic carbocycles. The molecule has 0 N–H and O–H groups in total. The van der Waals surface area contributed by atoms with E-state index >= 15 is 0 Å².